The maximum absolute atomic E-state index is 5.25. The molecule has 0 aromatic heterocycles. The molecule has 0 bridgehead atoms. The van der Waals surface area contributed by atoms with Gasteiger partial charge in [0.2, 0.25) is 0 Å². The van der Waals surface area contributed by atoms with E-state index in [0.717, 1.165) is 25.3 Å². The summed E-state index contributed by atoms with van der Waals surface area (Å²) in [6.07, 6.45) is 1.15. The summed E-state index contributed by atoms with van der Waals surface area (Å²) in [4.78, 5) is 2.29. The van der Waals surface area contributed by atoms with Crippen molar-refractivity contribution in [2.45, 2.75) is 6.42 Å². The van der Waals surface area contributed by atoms with Crippen LogP contribution in [0.1, 0.15) is 6.42 Å². The van der Waals surface area contributed by atoms with Crippen LogP contribution < -0.4 is 15.0 Å². The minimum Gasteiger partial charge on any atom is -0.497 e. The molecule has 2 rings (SSSR count). The first-order chi connectivity index (χ1) is 9.24. The molecule has 2 aromatic rings. The molecule has 2 aromatic carbocycles. The molecule has 19 heavy (non-hydrogen) atoms. The predicted molar refractivity (Wildman–Crippen MR) is 82.3 cm³/mol. The van der Waals surface area contributed by atoms with Gasteiger partial charge in [0.1, 0.15) is 5.75 Å². The van der Waals surface area contributed by atoms with E-state index in [1.165, 1.54) is 16.5 Å². The third-order valence-electron chi connectivity index (χ3n) is 3.39. The SMILES string of the molecule is CNCCCN(C)c1ccc2cc(OC)ccc2c1. The number of nitrogens with one attached hydrogen (secondary N) is 1. The Morgan fingerprint density at radius 1 is 1.11 bits per heavy atom. The van der Waals surface area contributed by atoms with Gasteiger partial charge in [-0.25, -0.2) is 0 Å². The highest BCUT2D eigenvalue weighted by Gasteiger charge is 2.03. The van der Waals surface area contributed by atoms with Gasteiger partial charge in [0.25, 0.3) is 0 Å². The summed E-state index contributed by atoms with van der Waals surface area (Å²) < 4.78 is 5.25. The largest absolute Gasteiger partial charge is 0.497 e. The minimum atomic E-state index is 0.905. The van der Waals surface area contributed by atoms with Crippen LogP contribution in [0.3, 0.4) is 0 Å². The van der Waals surface area contributed by atoms with Crippen molar-refractivity contribution in [2.75, 3.05) is 39.2 Å². The summed E-state index contributed by atoms with van der Waals surface area (Å²) >= 11 is 0. The van der Waals surface area contributed by atoms with E-state index in [-0.39, 0.29) is 0 Å². The number of ether oxygens (including phenoxy) is 1. The third kappa shape index (κ3) is 3.38. The number of anilines is 1. The molecule has 3 nitrogen and oxygen atoms in total. The molecule has 0 saturated carbocycles. The highest BCUT2D eigenvalue weighted by Crippen LogP contribution is 2.25. The maximum atomic E-state index is 5.25. The molecule has 0 aliphatic rings. The fraction of sp³-hybridized carbons (Fsp3) is 0.375. The zero-order valence-corrected chi connectivity index (χ0v) is 11.9. The Morgan fingerprint density at radius 2 is 1.84 bits per heavy atom. The van der Waals surface area contributed by atoms with Crippen molar-refractivity contribution < 1.29 is 4.74 Å². The maximum Gasteiger partial charge on any atom is 0.119 e. The number of hydrogen-bond acceptors (Lipinski definition) is 3. The summed E-state index contributed by atoms with van der Waals surface area (Å²) in [5, 5.41) is 5.64. The van der Waals surface area contributed by atoms with Crippen LogP contribution in [0.5, 0.6) is 5.75 Å². The minimum absolute atomic E-state index is 0.905. The van der Waals surface area contributed by atoms with Crippen molar-refractivity contribution >= 4 is 16.5 Å². The molecular formula is C16H22N2O. The van der Waals surface area contributed by atoms with Gasteiger partial charge in [0.05, 0.1) is 7.11 Å². The van der Waals surface area contributed by atoms with Gasteiger partial charge >= 0.3 is 0 Å². The highest BCUT2D eigenvalue weighted by atomic mass is 16.5. The number of fused-ring (bicyclic) bond motifs is 1. The van der Waals surface area contributed by atoms with Gasteiger partial charge in [-0.1, -0.05) is 12.1 Å². The molecule has 3 heteroatoms. The fourth-order valence-electron chi connectivity index (χ4n) is 2.20. The summed E-state index contributed by atoms with van der Waals surface area (Å²) in [5.41, 5.74) is 1.26. The van der Waals surface area contributed by atoms with Gasteiger partial charge in [-0.3, -0.25) is 0 Å². The predicted octanol–water partition coefficient (Wildman–Crippen LogP) is 2.89. The van der Waals surface area contributed by atoms with Crippen LogP contribution in [-0.4, -0.2) is 34.3 Å². The van der Waals surface area contributed by atoms with Crippen molar-refractivity contribution in [1.29, 1.82) is 0 Å². The number of benzene rings is 2. The lowest BCUT2D eigenvalue weighted by Gasteiger charge is -2.19. The molecule has 102 valence electrons. The van der Waals surface area contributed by atoms with Crippen LogP contribution in [0.25, 0.3) is 10.8 Å². The van der Waals surface area contributed by atoms with Gasteiger partial charge in [-0.05, 0) is 55.1 Å². The molecule has 0 aliphatic heterocycles. The summed E-state index contributed by atoms with van der Waals surface area (Å²) in [6, 6.07) is 12.7. The second-order valence-corrected chi connectivity index (χ2v) is 4.78. The second kappa shape index (κ2) is 6.43. The van der Waals surface area contributed by atoms with Gasteiger partial charge in [0, 0.05) is 19.3 Å². The van der Waals surface area contributed by atoms with Crippen LogP contribution in [0.4, 0.5) is 5.69 Å². The van der Waals surface area contributed by atoms with Gasteiger partial charge in [-0.15, -0.1) is 0 Å². The number of nitrogens with zero attached hydrogens (tertiary/aromatic N) is 1. The summed E-state index contributed by atoms with van der Waals surface area (Å²) in [7, 11) is 5.83. The highest BCUT2D eigenvalue weighted by molar-refractivity contribution is 5.87. The number of methoxy groups -OCH3 is 1. The summed E-state index contributed by atoms with van der Waals surface area (Å²) in [5.74, 6) is 0.905. The van der Waals surface area contributed by atoms with Crippen molar-refractivity contribution in [2.24, 2.45) is 0 Å². The summed E-state index contributed by atoms with van der Waals surface area (Å²) in [6.45, 7) is 2.11. The van der Waals surface area contributed by atoms with Crippen molar-refractivity contribution in [1.82, 2.24) is 5.32 Å². The van der Waals surface area contributed by atoms with Crippen LogP contribution in [-0.2, 0) is 0 Å². The molecule has 0 atom stereocenters. The average molecular weight is 258 g/mol. The lowest BCUT2D eigenvalue weighted by atomic mass is 10.1. The molecule has 0 aliphatic carbocycles. The van der Waals surface area contributed by atoms with E-state index in [1.54, 1.807) is 7.11 Å². The van der Waals surface area contributed by atoms with Crippen LogP contribution >= 0.6 is 0 Å². The van der Waals surface area contributed by atoms with Crippen molar-refractivity contribution in [3.05, 3.63) is 36.4 Å². The smallest absolute Gasteiger partial charge is 0.119 e. The molecule has 0 amide bonds. The zero-order chi connectivity index (χ0) is 13.7. The van der Waals surface area contributed by atoms with Gasteiger partial charge < -0.3 is 15.0 Å². The molecule has 0 fully saturated rings. The lowest BCUT2D eigenvalue weighted by molar-refractivity contribution is 0.415. The van der Waals surface area contributed by atoms with E-state index in [9.17, 15) is 0 Å². The lowest BCUT2D eigenvalue weighted by Crippen LogP contribution is -2.22. The van der Waals surface area contributed by atoms with E-state index in [1.807, 2.05) is 13.1 Å². The first kappa shape index (κ1) is 13.7. The Bertz CT molecular complexity index is 539. The molecule has 0 saturated heterocycles. The van der Waals surface area contributed by atoms with Crippen molar-refractivity contribution in [3.63, 3.8) is 0 Å². The Kier molecular flexibility index (Phi) is 4.63. The molecule has 1 N–H and O–H groups in total. The normalized spacial score (nSPS) is 10.7. The van der Waals surface area contributed by atoms with Crippen LogP contribution in [0.15, 0.2) is 36.4 Å². The van der Waals surface area contributed by atoms with Crippen LogP contribution in [0, 0.1) is 0 Å². The number of rotatable bonds is 6. The third-order valence-corrected chi connectivity index (χ3v) is 3.39. The quantitative estimate of drug-likeness (QED) is 0.806. The van der Waals surface area contributed by atoms with Gasteiger partial charge in [0.15, 0.2) is 0 Å². The standard InChI is InChI=1S/C16H22N2O/c1-17-9-4-10-18(2)15-7-5-14-12-16(19-3)8-6-13(14)11-15/h5-8,11-12,17H,4,9-10H2,1-3H3. The first-order valence-electron chi connectivity index (χ1n) is 6.68. The Morgan fingerprint density at radius 3 is 2.58 bits per heavy atom. The second-order valence-electron chi connectivity index (χ2n) is 4.78. The topological polar surface area (TPSA) is 24.5 Å². The monoisotopic (exact) mass is 258 g/mol. The molecule has 0 heterocycles. The Labute approximate surface area is 115 Å². The van der Waals surface area contributed by atoms with Crippen LogP contribution in [0.2, 0.25) is 0 Å². The molecule has 0 spiro atoms. The van der Waals surface area contributed by atoms with E-state index in [4.69, 9.17) is 4.74 Å². The molecule has 0 unspecified atom stereocenters. The van der Waals surface area contributed by atoms with Gasteiger partial charge in [-0.2, -0.15) is 0 Å². The first-order valence-corrected chi connectivity index (χ1v) is 6.68. The Balaban J connectivity index is 2.16. The van der Waals surface area contributed by atoms with E-state index in [2.05, 4.69) is 47.6 Å². The molecular weight excluding hydrogens is 236 g/mol. The number of hydrogen-bond donors (Lipinski definition) is 1. The fourth-order valence-corrected chi connectivity index (χ4v) is 2.20. The van der Waals surface area contributed by atoms with E-state index in [0.29, 0.717) is 0 Å². The average Bonchev–Trinajstić information content (AvgIpc) is 2.46. The van der Waals surface area contributed by atoms with E-state index < -0.39 is 0 Å². The van der Waals surface area contributed by atoms with E-state index >= 15 is 0 Å². The van der Waals surface area contributed by atoms with Crippen molar-refractivity contribution in [3.8, 4) is 5.75 Å². The Hall–Kier alpha value is -1.74. The molecule has 0 radical (unpaired) electrons. The zero-order valence-electron chi connectivity index (χ0n) is 11.9.